The summed E-state index contributed by atoms with van der Waals surface area (Å²) in [7, 11) is 0. The average molecular weight is 305 g/mol. The first-order chi connectivity index (χ1) is 10.5. The second-order valence-electron chi connectivity index (χ2n) is 9.22. The van der Waals surface area contributed by atoms with Gasteiger partial charge in [-0.1, -0.05) is 33.1 Å². The fourth-order valence-electron chi connectivity index (χ4n) is 7.29. The minimum Gasteiger partial charge on any atom is -0.304 e. The van der Waals surface area contributed by atoms with Crippen LogP contribution >= 0.6 is 0 Å². The molecule has 0 aromatic heterocycles. The minimum atomic E-state index is 0.741. The second-order valence-corrected chi connectivity index (χ2v) is 9.22. The van der Waals surface area contributed by atoms with Crippen molar-refractivity contribution in [2.45, 2.75) is 91.4 Å². The minimum absolute atomic E-state index is 0.741. The molecule has 1 nitrogen and oxygen atoms in total. The van der Waals surface area contributed by atoms with Gasteiger partial charge in [-0.25, -0.2) is 0 Å². The molecule has 6 atom stereocenters. The SMILES string of the molecule is CC12CCCC1C1CCC3CCCCC3(C)C1CC2.CC=O. The highest BCUT2D eigenvalue weighted by Gasteiger charge is 2.56. The van der Waals surface area contributed by atoms with Crippen molar-refractivity contribution in [3.8, 4) is 0 Å². The summed E-state index contributed by atoms with van der Waals surface area (Å²) < 4.78 is 0. The molecule has 0 aromatic carbocycles. The van der Waals surface area contributed by atoms with E-state index in [0.29, 0.717) is 0 Å². The van der Waals surface area contributed by atoms with Gasteiger partial charge in [0, 0.05) is 0 Å². The predicted octanol–water partition coefficient (Wildman–Crippen LogP) is 6.01. The first kappa shape index (κ1) is 16.5. The van der Waals surface area contributed by atoms with E-state index in [0.717, 1.165) is 40.8 Å². The van der Waals surface area contributed by atoms with Gasteiger partial charge in [0.25, 0.3) is 0 Å². The van der Waals surface area contributed by atoms with E-state index in [1.807, 2.05) is 0 Å². The summed E-state index contributed by atoms with van der Waals surface area (Å²) in [5.74, 6) is 4.41. The van der Waals surface area contributed by atoms with Crippen molar-refractivity contribution in [2.75, 3.05) is 0 Å². The summed E-state index contributed by atoms with van der Waals surface area (Å²) in [5.41, 5.74) is 1.49. The molecule has 22 heavy (non-hydrogen) atoms. The molecular weight excluding hydrogens is 268 g/mol. The van der Waals surface area contributed by atoms with Crippen molar-refractivity contribution < 1.29 is 4.79 Å². The molecular formula is C21H36O. The monoisotopic (exact) mass is 304 g/mol. The molecule has 0 spiro atoms. The van der Waals surface area contributed by atoms with E-state index in [9.17, 15) is 0 Å². The summed E-state index contributed by atoms with van der Waals surface area (Å²) in [6.45, 7) is 6.78. The molecule has 0 radical (unpaired) electrons. The molecule has 0 heterocycles. The molecule has 0 aromatic rings. The molecule has 126 valence electrons. The molecule has 0 amide bonds. The number of carbonyl (C=O) groups excluding carboxylic acids is 1. The van der Waals surface area contributed by atoms with Gasteiger partial charge in [0.1, 0.15) is 6.29 Å². The largest absolute Gasteiger partial charge is 0.304 e. The van der Waals surface area contributed by atoms with Crippen LogP contribution in [0.25, 0.3) is 0 Å². The van der Waals surface area contributed by atoms with Crippen molar-refractivity contribution in [1.82, 2.24) is 0 Å². The van der Waals surface area contributed by atoms with Gasteiger partial charge in [0.05, 0.1) is 0 Å². The number of aldehydes is 1. The van der Waals surface area contributed by atoms with Crippen LogP contribution in [0.5, 0.6) is 0 Å². The van der Waals surface area contributed by atoms with E-state index in [1.54, 1.807) is 51.4 Å². The van der Waals surface area contributed by atoms with Crippen LogP contribution in [-0.2, 0) is 4.79 Å². The predicted molar refractivity (Wildman–Crippen MR) is 92.7 cm³/mol. The zero-order valence-corrected chi connectivity index (χ0v) is 15.1. The van der Waals surface area contributed by atoms with E-state index in [1.165, 1.54) is 26.2 Å². The van der Waals surface area contributed by atoms with E-state index >= 15 is 0 Å². The first-order valence-electron chi connectivity index (χ1n) is 9.95. The van der Waals surface area contributed by atoms with Crippen molar-refractivity contribution in [1.29, 1.82) is 0 Å². The fourth-order valence-corrected chi connectivity index (χ4v) is 7.29. The maximum absolute atomic E-state index is 8.81. The Morgan fingerprint density at radius 3 is 2.36 bits per heavy atom. The fraction of sp³-hybridized carbons (Fsp3) is 0.952. The van der Waals surface area contributed by atoms with Crippen LogP contribution in [0.2, 0.25) is 0 Å². The normalized spacial score (nSPS) is 50.0. The highest BCUT2D eigenvalue weighted by atomic mass is 16.1. The highest BCUT2D eigenvalue weighted by Crippen LogP contribution is 2.66. The molecule has 4 rings (SSSR count). The van der Waals surface area contributed by atoms with Crippen molar-refractivity contribution in [3.63, 3.8) is 0 Å². The summed E-state index contributed by atoms with van der Waals surface area (Å²) in [6, 6.07) is 0. The Kier molecular flexibility index (Phi) is 4.72. The van der Waals surface area contributed by atoms with Gasteiger partial charge in [-0.2, -0.15) is 0 Å². The molecule has 0 aliphatic heterocycles. The molecule has 4 fully saturated rings. The Balaban J connectivity index is 0.000000446. The number of hydrogen-bond acceptors (Lipinski definition) is 1. The quantitative estimate of drug-likeness (QED) is 0.500. The smallest absolute Gasteiger partial charge is 0.116 e. The lowest BCUT2D eigenvalue weighted by Crippen LogP contribution is -2.51. The lowest BCUT2D eigenvalue weighted by atomic mass is 9.45. The molecule has 4 aliphatic rings. The van der Waals surface area contributed by atoms with Gasteiger partial charge in [0.15, 0.2) is 0 Å². The van der Waals surface area contributed by atoms with Crippen LogP contribution < -0.4 is 0 Å². The summed E-state index contributed by atoms with van der Waals surface area (Å²) in [5, 5.41) is 0. The van der Waals surface area contributed by atoms with Gasteiger partial charge in [-0.05, 0) is 92.8 Å². The van der Waals surface area contributed by atoms with Crippen LogP contribution in [0.3, 0.4) is 0 Å². The van der Waals surface area contributed by atoms with Crippen LogP contribution in [-0.4, -0.2) is 6.29 Å². The lowest BCUT2D eigenvalue weighted by Gasteiger charge is -2.60. The maximum Gasteiger partial charge on any atom is 0.116 e. The van der Waals surface area contributed by atoms with Crippen LogP contribution in [0.4, 0.5) is 0 Å². The summed E-state index contributed by atoms with van der Waals surface area (Å²) >= 11 is 0. The topological polar surface area (TPSA) is 17.1 Å². The Morgan fingerprint density at radius 2 is 1.59 bits per heavy atom. The average Bonchev–Trinajstić information content (AvgIpc) is 2.89. The number of rotatable bonds is 0. The molecule has 6 unspecified atom stereocenters. The second kappa shape index (κ2) is 6.29. The van der Waals surface area contributed by atoms with Crippen LogP contribution in [0, 0.1) is 34.5 Å². The van der Waals surface area contributed by atoms with Gasteiger partial charge in [0.2, 0.25) is 0 Å². The number of hydrogen-bond donors (Lipinski definition) is 0. The third kappa shape index (κ3) is 2.57. The first-order valence-corrected chi connectivity index (χ1v) is 9.95. The molecule has 0 saturated heterocycles. The van der Waals surface area contributed by atoms with Crippen molar-refractivity contribution in [3.05, 3.63) is 0 Å². The molecule has 0 N–H and O–H groups in total. The van der Waals surface area contributed by atoms with Crippen molar-refractivity contribution >= 4 is 6.29 Å². The Hall–Kier alpha value is -0.330. The van der Waals surface area contributed by atoms with Gasteiger partial charge in [-0.15, -0.1) is 0 Å². The molecule has 0 bridgehead atoms. The Morgan fingerprint density at radius 1 is 0.818 bits per heavy atom. The summed E-state index contributed by atoms with van der Waals surface area (Å²) in [4.78, 5) is 8.81. The Bertz CT molecular complexity index is 403. The van der Waals surface area contributed by atoms with Gasteiger partial charge >= 0.3 is 0 Å². The summed E-state index contributed by atoms with van der Waals surface area (Å²) in [6.07, 6.45) is 17.9. The van der Waals surface area contributed by atoms with E-state index in [2.05, 4.69) is 13.8 Å². The number of fused-ring (bicyclic) bond motifs is 5. The van der Waals surface area contributed by atoms with E-state index < -0.39 is 0 Å². The third-order valence-electron chi connectivity index (χ3n) is 8.36. The maximum atomic E-state index is 8.81. The number of carbonyl (C=O) groups is 1. The van der Waals surface area contributed by atoms with Gasteiger partial charge < -0.3 is 4.79 Å². The molecule has 4 aliphatic carbocycles. The van der Waals surface area contributed by atoms with E-state index in [4.69, 9.17) is 4.79 Å². The Labute approximate surface area is 137 Å². The zero-order chi connectivity index (χ0) is 15.8. The lowest BCUT2D eigenvalue weighted by molar-refractivity contribution is -0.106. The molecule has 4 saturated carbocycles. The standard InChI is InChI=1S/C19H32.C2H4O/c1-18-11-5-7-16(18)15-9-8-14-6-3-4-12-19(14,2)17(15)10-13-18;1-2-3/h14-17H,3-13H2,1-2H3;2H,1H3. The third-order valence-corrected chi connectivity index (χ3v) is 8.36. The molecule has 1 heteroatoms. The van der Waals surface area contributed by atoms with E-state index in [-0.39, 0.29) is 0 Å². The van der Waals surface area contributed by atoms with Crippen LogP contribution in [0.15, 0.2) is 0 Å². The van der Waals surface area contributed by atoms with Crippen LogP contribution in [0.1, 0.15) is 91.4 Å². The van der Waals surface area contributed by atoms with Crippen molar-refractivity contribution in [2.24, 2.45) is 34.5 Å². The zero-order valence-electron chi connectivity index (χ0n) is 15.1. The van der Waals surface area contributed by atoms with Gasteiger partial charge in [-0.3, -0.25) is 0 Å². The highest BCUT2D eigenvalue weighted by molar-refractivity contribution is 5.44.